The lowest BCUT2D eigenvalue weighted by atomic mass is 9.80. The monoisotopic (exact) mass is 255 g/mol. The molecule has 0 aromatic carbocycles. The van der Waals surface area contributed by atoms with Crippen LogP contribution in [0.5, 0.6) is 0 Å². The van der Waals surface area contributed by atoms with Gasteiger partial charge in [0.05, 0.1) is 6.61 Å². The van der Waals surface area contributed by atoms with Gasteiger partial charge in [0.1, 0.15) is 0 Å². The van der Waals surface area contributed by atoms with E-state index in [-0.39, 0.29) is 12.0 Å². The molecule has 3 nitrogen and oxygen atoms in total. The first kappa shape index (κ1) is 13.0. The van der Waals surface area contributed by atoms with E-state index < -0.39 is 0 Å². The molecular weight excluding hydrogens is 234 g/mol. The summed E-state index contributed by atoms with van der Waals surface area (Å²) >= 11 is 1.74. The fourth-order valence-corrected chi connectivity index (χ4v) is 3.15. The Morgan fingerprint density at radius 1 is 1.47 bits per heavy atom. The summed E-state index contributed by atoms with van der Waals surface area (Å²) in [4.78, 5) is 2.31. The number of rotatable bonds is 5. The predicted octanol–water partition coefficient (Wildman–Crippen LogP) is 1.97. The molecule has 1 aromatic heterocycles. The lowest BCUT2D eigenvalue weighted by Gasteiger charge is -2.38. The summed E-state index contributed by atoms with van der Waals surface area (Å²) in [5.41, 5.74) is 1.40. The normalized spacial score (nSPS) is 19.7. The first-order valence-electron chi connectivity index (χ1n) is 6.12. The van der Waals surface area contributed by atoms with E-state index in [2.05, 4.69) is 28.8 Å². The minimum absolute atomic E-state index is 0.0447. The van der Waals surface area contributed by atoms with Crippen LogP contribution in [0.1, 0.15) is 18.4 Å². The molecular formula is C13H21NO2S. The predicted molar refractivity (Wildman–Crippen MR) is 70.2 cm³/mol. The van der Waals surface area contributed by atoms with Crippen LogP contribution >= 0.6 is 11.3 Å². The van der Waals surface area contributed by atoms with Gasteiger partial charge in [0, 0.05) is 31.7 Å². The van der Waals surface area contributed by atoms with Crippen molar-refractivity contribution in [3.63, 3.8) is 0 Å². The van der Waals surface area contributed by atoms with Gasteiger partial charge in [-0.2, -0.15) is 11.3 Å². The second-order valence-corrected chi connectivity index (χ2v) is 5.85. The Bertz CT molecular complexity index is 320. The molecule has 0 radical (unpaired) electrons. The molecule has 0 atom stereocenters. The molecule has 96 valence electrons. The maximum atomic E-state index is 9.64. The van der Waals surface area contributed by atoms with Gasteiger partial charge < -0.3 is 14.7 Å². The zero-order chi connectivity index (χ0) is 12.1. The SMILES string of the molecule is CN(Cc1ccsc1)CC1(CO)CCOCC1. The summed E-state index contributed by atoms with van der Waals surface area (Å²) in [5, 5.41) is 13.9. The van der Waals surface area contributed by atoms with Crippen LogP contribution in [0.3, 0.4) is 0 Å². The lowest BCUT2D eigenvalue weighted by molar-refractivity contribution is -0.0318. The molecule has 0 aliphatic carbocycles. The Morgan fingerprint density at radius 2 is 2.24 bits per heavy atom. The Hall–Kier alpha value is -0.420. The van der Waals surface area contributed by atoms with E-state index in [9.17, 15) is 5.11 Å². The average molecular weight is 255 g/mol. The highest BCUT2D eigenvalue weighted by molar-refractivity contribution is 7.07. The number of nitrogens with zero attached hydrogens (tertiary/aromatic N) is 1. The third-order valence-corrected chi connectivity index (χ3v) is 4.26. The van der Waals surface area contributed by atoms with Crippen LogP contribution in [-0.4, -0.2) is 43.4 Å². The maximum Gasteiger partial charge on any atom is 0.0501 e. The van der Waals surface area contributed by atoms with E-state index in [4.69, 9.17) is 4.74 Å². The first-order valence-corrected chi connectivity index (χ1v) is 7.07. The molecule has 4 heteroatoms. The van der Waals surface area contributed by atoms with Crippen molar-refractivity contribution in [3.05, 3.63) is 22.4 Å². The lowest BCUT2D eigenvalue weighted by Crippen LogP contribution is -2.42. The largest absolute Gasteiger partial charge is 0.396 e. The molecule has 0 amide bonds. The molecule has 0 spiro atoms. The van der Waals surface area contributed by atoms with Crippen LogP contribution in [0.25, 0.3) is 0 Å². The number of aliphatic hydroxyl groups excluding tert-OH is 1. The number of hydrogen-bond donors (Lipinski definition) is 1. The number of hydrogen-bond acceptors (Lipinski definition) is 4. The molecule has 2 heterocycles. The Balaban J connectivity index is 1.89. The summed E-state index contributed by atoms with van der Waals surface area (Å²) in [7, 11) is 2.13. The Kier molecular flexibility index (Phi) is 4.56. The molecule has 0 bridgehead atoms. The van der Waals surface area contributed by atoms with Gasteiger partial charge in [0.25, 0.3) is 0 Å². The number of aliphatic hydroxyl groups is 1. The van der Waals surface area contributed by atoms with Gasteiger partial charge in [-0.1, -0.05) is 0 Å². The standard InChI is InChI=1S/C13H21NO2S/c1-14(8-12-2-7-17-9-12)10-13(11-15)3-5-16-6-4-13/h2,7,9,15H,3-6,8,10-11H2,1H3. The van der Waals surface area contributed by atoms with Gasteiger partial charge in [-0.05, 0) is 42.3 Å². The van der Waals surface area contributed by atoms with E-state index in [1.165, 1.54) is 5.56 Å². The Morgan fingerprint density at radius 3 is 2.82 bits per heavy atom. The second-order valence-electron chi connectivity index (χ2n) is 5.07. The van der Waals surface area contributed by atoms with E-state index in [0.717, 1.165) is 39.1 Å². The van der Waals surface area contributed by atoms with Gasteiger partial charge in [-0.25, -0.2) is 0 Å². The number of ether oxygens (including phenoxy) is 1. The summed E-state index contributed by atoms with van der Waals surface area (Å²) in [6.45, 7) is 3.75. The molecule has 1 N–H and O–H groups in total. The van der Waals surface area contributed by atoms with Crippen molar-refractivity contribution in [2.24, 2.45) is 5.41 Å². The highest BCUT2D eigenvalue weighted by atomic mass is 32.1. The average Bonchev–Trinajstić information content (AvgIpc) is 2.83. The topological polar surface area (TPSA) is 32.7 Å². The molecule has 1 fully saturated rings. The smallest absolute Gasteiger partial charge is 0.0501 e. The summed E-state index contributed by atoms with van der Waals surface area (Å²) in [5.74, 6) is 0. The molecule has 2 rings (SSSR count). The van der Waals surface area contributed by atoms with Crippen molar-refractivity contribution in [3.8, 4) is 0 Å². The van der Waals surface area contributed by atoms with Crippen molar-refractivity contribution >= 4 is 11.3 Å². The van der Waals surface area contributed by atoms with Gasteiger partial charge in [0.15, 0.2) is 0 Å². The third kappa shape index (κ3) is 3.52. The molecule has 1 saturated heterocycles. The van der Waals surface area contributed by atoms with Crippen LogP contribution in [0.4, 0.5) is 0 Å². The quantitative estimate of drug-likeness (QED) is 0.873. The minimum atomic E-state index is 0.0447. The minimum Gasteiger partial charge on any atom is -0.396 e. The van der Waals surface area contributed by atoms with Crippen LogP contribution in [-0.2, 0) is 11.3 Å². The van der Waals surface area contributed by atoms with Crippen molar-refractivity contribution in [2.75, 3.05) is 33.4 Å². The molecule has 1 aromatic rings. The van der Waals surface area contributed by atoms with Gasteiger partial charge in [0.2, 0.25) is 0 Å². The highest BCUT2D eigenvalue weighted by Gasteiger charge is 2.33. The van der Waals surface area contributed by atoms with Crippen LogP contribution in [0.2, 0.25) is 0 Å². The van der Waals surface area contributed by atoms with Crippen LogP contribution in [0, 0.1) is 5.41 Å². The van der Waals surface area contributed by atoms with Crippen molar-refractivity contribution < 1.29 is 9.84 Å². The first-order chi connectivity index (χ1) is 8.24. The molecule has 1 aliphatic rings. The van der Waals surface area contributed by atoms with Crippen LogP contribution < -0.4 is 0 Å². The van der Waals surface area contributed by atoms with Crippen molar-refractivity contribution in [1.82, 2.24) is 4.90 Å². The van der Waals surface area contributed by atoms with E-state index >= 15 is 0 Å². The highest BCUT2D eigenvalue weighted by Crippen LogP contribution is 2.31. The Labute approximate surface area is 107 Å². The molecule has 0 saturated carbocycles. The number of thiophene rings is 1. The van der Waals surface area contributed by atoms with Gasteiger partial charge >= 0.3 is 0 Å². The van der Waals surface area contributed by atoms with E-state index in [1.807, 2.05) is 0 Å². The van der Waals surface area contributed by atoms with Gasteiger partial charge in [-0.15, -0.1) is 0 Å². The second kappa shape index (κ2) is 5.96. The van der Waals surface area contributed by atoms with Gasteiger partial charge in [-0.3, -0.25) is 0 Å². The molecule has 1 aliphatic heterocycles. The third-order valence-electron chi connectivity index (χ3n) is 3.53. The fraction of sp³-hybridized carbons (Fsp3) is 0.692. The zero-order valence-corrected chi connectivity index (χ0v) is 11.2. The summed E-state index contributed by atoms with van der Waals surface area (Å²) < 4.78 is 5.39. The molecule has 17 heavy (non-hydrogen) atoms. The molecule has 0 unspecified atom stereocenters. The summed E-state index contributed by atoms with van der Waals surface area (Å²) in [6.07, 6.45) is 1.94. The zero-order valence-electron chi connectivity index (χ0n) is 10.4. The van der Waals surface area contributed by atoms with E-state index in [0.29, 0.717) is 0 Å². The summed E-state index contributed by atoms with van der Waals surface area (Å²) in [6, 6.07) is 2.16. The maximum absolute atomic E-state index is 9.64. The van der Waals surface area contributed by atoms with Crippen molar-refractivity contribution in [1.29, 1.82) is 0 Å². The van der Waals surface area contributed by atoms with Crippen molar-refractivity contribution in [2.45, 2.75) is 19.4 Å². The fourth-order valence-electron chi connectivity index (χ4n) is 2.49. The van der Waals surface area contributed by atoms with E-state index in [1.54, 1.807) is 11.3 Å². The van der Waals surface area contributed by atoms with Crippen LogP contribution in [0.15, 0.2) is 16.8 Å².